The Kier molecular flexibility index (Phi) is 7.88. The molecule has 1 amide bonds. The number of aryl methyl sites for hydroxylation is 1. The van der Waals surface area contributed by atoms with Crippen molar-refractivity contribution in [1.82, 2.24) is 0 Å². The van der Waals surface area contributed by atoms with Crippen molar-refractivity contribution >= 4 is 17.4 Å². The maximum Gasteiger partial charge on any atom is 0.343 e. The summed E-state index contributed by atoms with van der Waals surface area (Å²) in [6.07, 6.45) is -0.316. The van der Waals surface area contributed by atoms with Gasteiger partial charge in [0.1, 0.15) is 17.3 Å². The summed E-state index contributed by atoms with van der Waals surface area (Å²) in [5, 5.41) is 23.2. The molecule has 190 valence electrons. The second-order valence-corrected chi connectivity index (χ2v) is 7.96. The maximum absolute atomic E-state index is 13.1. The number of nitrogens with one attached hydrogen (secondary N) is 1. The third kappa shape index (κ3) is 5.27. The Hall–Kier alpha value is -4.47. The minimum Gasteiger partial charge on any atom is -0.507 e. The predicted octanol–water partition coefficient (Wildman–Crippen LogP) is 3.75. The molecule has 0 saturated carbocycles. The third-order valence-electron chi connectivity index (χ3n) is 5.60. The van der Waals surface area contributed by atoms with Gasteiger partial charge in [-0.25, -0.2) is 4.79 Å². The summed E-state index contributed by atoms with van der Waals surface area (Å²) in [5.74, 6) is -1.48. The van der Waals surface area contributed by atoms with Gasteiger partial charge in [0.05, 0.1) is 32.5 Å². The summed E-state index contributed by atoms with van der Waals surface area (Å²) in [6.45, 7) is 2.81. The standard InChI is InChI=1S/C26H27NO9/c1-13-10-20(30)23(26(32)36-13)18(16-7-9-21(33-3)25(35-5)24(16)34-4)12-22(31)27-15-6-8-19(29)17(11-15)14(2)28/h6-11,18,29-30H,12H2,1-5H3,(H,27,31). The van der Waals surface area contributed by atoms with Crippen LogP contribution in [0.2, 0.25) is 0 Å². The Morgan fingerprint density at radius 3 is 2.25 bits per heavy atom. The molecule has 0 aliphatic heterocycles. The summed E-state index contributed by atoms with van der Waals surface area (Å²) < 4.78 is 21.5. The highest BCUT2D eigenvalue weighted by atomic mass is 16.5. The van der Waals surface area contributed by atoms with E-state index in [0.717, 1.165) is 0 Å². The number of ether oxygens (including phenoxy) is 3. The normalized spacial score (nSPS) is 11.5. The van der Waals surface area contributed by atoms with Gasteiger partial charge in [-0.2, -0.15) is 0 Å². The van der Waals surface area contributed by atoms with Crippen LogP contribution in [0.5, 0.6) is 28.7 Å². The fourth-order valence-electron chi connectivity index (χ4n) is 3.99. The van der Waals surface area contributed by atoms with E-state index in [-0.39, 0.29) is 57.8 Å². The first-order valence-electron chi connectivity index (χ1n) is 10.9. The number of methoxy groups -OCH3 is 3. The number of phenols is 1. The Labute approximate surface area is 207 Å². The lowest BCUT2D eigenvalue weighted by molar-refractivity contribution is -0.116. The monoisotopic (exact) mass is 497 g/mol. The number of hydrogen-bond donors (Lipinski definition) is 3. The van der Waals surface area contributed by atoms with Gasteiger partial charge in [0, 0.05) is 29.7 Å². The number of benzene rings is 2. The lowest BCUT2D eigenvalue weighted by Gasteiger charge is -2.22. The van der Waals surface area contributed by atoms with Crippen LogP contribution in [0.1, 0.15) is 46.5 Å². The zero-order valence-electron chi connectivity index (χ0n) is 20.5. The van der Waals surface area contributed by atoms with E-state index in [0.29, 0.717) is 11.3 Å². The summed E-state index contributed by atoms with van der Waals surface area (Å²) >= 11 is 0. The van der Waals surface area contributed by atoms with E-state index in [1.165, 1.54) is 59.4 Å². The molecule has 0 saturated heterocycles. The van der Waals surface area contributed by atoms with Crippen LogP contribution >= 0.6 is 0 Å². The van der Waals surface area contributed by atoms with Crippen LogP contribution < -0.4 is 25.2 Å². The summed E-state index contributed by atoms with van der Waals surface area (Å²) in [4.78, 5) is 37.7. The topological polar surface area (TPSA) is 145 Å². The number of carbonyl (C=O) groups excluding carboxylic acids is 2. The van der Waals surface area contributed by atoms with Crippen molar-refractivity contribution in [3.05, 3.63) is 69.3 Å². The first-order valence-corrected chi connectivity index (χ1v) is 10.9. The van der Waals surface area contributed by atoms with Crippen molar-refractivity contribution in [3.8, 4) is 28.7 Å². The third-order valence-corrected chi connectivity index (χ3v) is 5.60. The predicted molar refractivity (Wildman–Crippen MR) is 131 cm³/mol. The first-order chi connectivity index (χ1) is 17.1. The lowest BCUT2D eigenvalue weighted by atomic mass is 9.87. The SMILES string of the molecule is COc1ccc(C(CC(=O)Nc2ccc(O)c(C(C)=O)c2)c2c(O)cc(C)oc2=O)c(OC)c1OC. The highest BCUT2D eigenvalue weighted by Crippen LogP contribution is 2.46. The van der Waals surface area contributed by atoms with Crippen LogP contribution in [0, 0.1) is 6.92 Å². The van der Waals surface area contributed by atoms with Crippen molar-refractivity contribution in [2.24, 2.45) is 0 Å². The van der Waals surface area contributed by atoms with Gasteiger partial charge in [0.2, 0.25) is 11.7 Å². The van der Waals surface area contributed by atoms with Gasteiger partial charge in [-0.1, -0.05) is 6.07 Å². The number of hydrogen-bond acceptors (Lipinski definition) is 9. The molecule has 0 fully saturated rings. The molecule has 10 nitrogen and oxygen atoms in total. The molecule has 3 aromatic rings. The Bertz CT molecular complexity index is 1360. The van der Waals surface area contributed by atoms with Crippen molar-refractivity contribution in [2.45, 2.75) is 26.2 Å². The highest BCUT2D eigenvalue weighted by Gasteiger charge is 2.30. The van der Waals surface area contributed by atoms with Gasteiger partial charge < -0.3 is 34.2 Å². The molecule has 2 aromatic carbocycles. The maximum atomic E-state index is 13.1. The number of aromatic hydroxyl groups is 2. The number of phenolic OH excluding ortho intramolecular Hbond substituents is 1. The van der Waals surface area contributed by atoms with Crippen molar-refractivity contribution in [1.29, 1.82) is 0 Å². The minimum atomic E-state index is -1.01. The molecule has 10 heteroatoms. The average molecular weight is 498 g/mol. The molecule has 0 bridgehead atoms. The molecular weight excluding hydrogens is 470 g/mol. The molecule has 0 aliphatic carbocycles. The second-order valence-electron chi connectivity index (χ2n) is 7.96. The number of ketones is 1. The van der Waals surface area contributed by atoms with E-state index in [9.17, 15) is 24.6 Å². The molecule has 3 N–H and O–H groups in total. The molecule has 0 spiro atoms. The Morgan fingerprint density at radius 2 is 1.67 bits per heavy atom. The molecule has 3 rings (SSSR count). The van der Waals surface area contributed by atoms with Gasteiger partial charge in [0.15, 0.2) is 17.3 Å². The minimum absolute atomic E-state index is 0.0442. The van der Waals surface area contributed by atoms with Gasteiger partial charge in [-0.15, -0.1) is 0 Å². The van der Waals surface area contributed by atoms with Crippen LogP contribution in [-0.2, 0) is 4.79 Å². The average Bonchev–Trinajstić information content (AvgIpc) is 2.82. The number of amides is 1. The Balaban J connectivity index is 2.11. The molecule has 0 radical (unpaired) electrons. The van der Waals surface area contributed by atoms with Gasteiger partial charge in [-0.05, 0) is 38.1 Å². The Morgan fingerprint density at radius 1 is 0.972 bits per heavy atom. The van der Waals surface area contributed by atoms with E-state index in [1.807, 2.05) is 0 Å². The molecule has 36 heavy (non-hydrogen) atoms. The quantitative estimate of drug-likeness (QED) is 0.297. The van der Waals surface area contributed by atoms with Crippen LogP contribution in [0.3, 0.4) is 0 Å². The van der Waals surface area contributed by atoms with Gasteiger partial charge in [-0.3, -0.25) is 9.59 Å². The number of Topliss-reactive ketones (excluding diaryl/α,β-unsaturated/α-hetero) is 1. The number of rotatable bonds is 9. The molecule has 0 aliphatic rings. The van der Waals surface area contributed by atoms with Crippen molar-refractivity contribution in [3.63, 3.8) is 0 Å². The number of carbonyl (C=O) groups is 2. The van der Waals surface area contributed by atoms with E-state index < -0.39 is 17.5 Å². The van der Waals surface area contributed by atoms with E-state index in [4.69, 9.17) is 18.6 Å². The van der Waals surface area contributed by atoms with Crippen molar-refractivity contribution in [2.75, 3.05) is 26.6 Å². The van der Waals surface area contributed by atoms with Crippen molar-refractivity contribution < 1.29 is 38.4 Å². The van der Waals surface area contributed by atoms with E-state index in [1.54, 1.807) is 12.1 Å². The summed E-state index contributed by atoms with van der Waals surface area (Å²) in [6, 6.07) is 8.55. The van der Waals surface area contributed by atoms with Crippen LogP contribution in [0.15, 0.2) is 45.6 Å². The fourth-order valence-corrected chi connectivity index (χ4v) is 3.99. The summed E-state index contributed by atoms with van der Waals surface area (Å²) in [5.41, 5.74) is -0.280. The lowest BCUT2D eigenvalue weighted by Crippen LogP contribution is -2.21. The molecule has 1 aromatic heterocycles. The molecule has 1 heterocycles. The zero-order valence-corrected chi connectivity index (χ0v) is 20.5. The highest BCUT2D eigenvalue weighted by molar-refractivity contribution is 5.99. The zero-order chi connectivity index (χ0) is 26.6. The molecular formula is C26H27NO9. The number of anilines is 1. The van der Waals surface area contributed by atoms with Gasteiger partial charge in [0.25, 0.3) is 0 Å². The van der Waals surface area contributed by atoms with E-state index >= 15 is 0 Å². The van der Waals surface area contributed by atoms with Gasteiger partial charge >= 0.3 is 5.63 Å². The smallest absolute Gasteiger partial charge is 0.343 e. The molecule has 1 unspecified atom stereocenters. The molecule has 1 atom stereocenters. The van der Waals surface area contributed by atoms with Crippen LogP contribution in [0.25, 0.3) is 0 Å². The second kappa shape index (κ2) is 10.9. The van der Waals surface area contributed by atoms with E-state index in [2.05, 4.69) is 5.32 Å². The van der Waals surface area contributed by atoms with Crippen LogP contribution in [-0.4, -0.2) is 43.2 Å². The largest absolute Gasteiger partial charge is 0.507 e. The fraction of sp³-hybridized carbons (Fsp3) is 0.269. The summed E-state index contributed by atoms with van der Waals surface area (Å²) in [7, 11) is 4.27. The van der Waals surface area contributed by atoms with Crippen LogP contribution in [0.4, 0.5) is 5.69 Å². The first kappa shape index (κ1) is 26.1.